The SMILES string of the molecule is C[C@@H](C(=O)O)n1nnnc1C1CCCN1. The van der Waals surface area contributed by atoms with E-state index in [1.807, 2.05) is 0 Å². The minimum absolute atomic E-state index is 0.0850. The lowest BCUT2D eigenvalue weighted by Crippen LogP contribution is -2.24. The first kappa shape index (κ1) is 10.0. The van der Waals surface area contributed by atoms with Gasteiger partial charge in [-0.05, 0) is 36.7 Å². The average molecular weight is 211 g/mol. The number of hydrogen-bond donors (Lipinski definition) is 2. The van der Waals surface area contributed by atoms with Crippen LogP contribution in [0.3, 0.4) is 0 Å². The van der Waals surface area contributed by atoms with Gasteiger partial charge in [-0.2, -0.15) is 0 Å². The maximum Gasteiger partial charge on any atom is 0.328 e. The van der Waals surface area contributed by atoms with Gasteiger partial charge in [0.05, 0.1) is 6.04 Å². The maximum absolute atomic E-state index is 10.8. The van der Waals surface area contributed by atoms with Crippen LogP contribution in [0.25, 0.3) is 0 Å². The number of nitrogens with zero attached hydrogens (tertiary/aromatic N) is 4. The molecule has 2 rings (SSSR count). The lowest BCUT2D eigenvalue weighted by molar-refractivity contribution is -0.140. The molecule has 1 aromatic heterocycles. The van der Waals surface area contributed by atoms with E-state index in [0.29, 0.717) is 5.82 Å². The van der Waals surface area contributed by atoms with Crippen molar-refractivity contribution in [3.8, 4) is 0 Å². The molecule has 7 nitrogen and oxygen atoms in total. The van der Waals surface area contributed by atoms with E-state index in [1.165, 1.54) is 4.68 Å². The fourth-order valence-corrected chi connectivity index (χ4v) is 1.72. The summed E-state index contributed by atoms with van der Waals surface area (Å²) in [5.41, 5.74) is 0. The van der Waals surface area contributed by atoms with E-state index < -0.39 is 12.0 Å². The topological polar surface area (TPSA) is 92.9 Å². The molecule has 0 bridgehead atoms. The second-order valence-corrected chi connectivity index (χ2v) is 3.64. The first-order chi connectivity index (χ1) is 7.20. The quantitative estimate of drug-likeness (QED) is 0.715. The van der Waals surface area contributed by atoms with E-state index in [-0.39, 0.29) is 6.04 Å². The predicted molar refractivity (Wildman–Crippen MR) is 50.1 cm³/mol. The Balaban J connectivity index is 2.24. The predicted octanol–water partition coefficient (Wildman–Crippen LogP) is -0.257. The molecule has 1 aromatic rings. The van der Waals surface area contributed by atoms with E-state index >= 15 is 0 Å². The number of carboxylic acids is 1. The maximum atomic E-state index is 10.8. The zero-order valence-electron chi connectivity index (χ0n) is 8.42. The van der Waals surface area contributed by atoms with Crippen LogP contribution in [0.4, 0.5) is 0 Å². The smallest absolute Gasteiger partial charge is 0.328 e. The Morgan fingerprint density at radius 2 is 2.53 bits per heavy atom. The molecule has 15 heavy (non-hydrogen) atoms. The molecule has 1 aliphatic rings. The van der Waals surface area contributed by atoms with Crippen LogP contribution in [0.15, 0.2) is 0 Å². The van der Waals surface area contributed by atoms with E-state index in [9.17, 15) is 4.79 Å². The molecular formula is C8H13N5O2. The third-order valence-electron chi connectivity index (χ3n) is 2.61. The molecule has 1 saturated heterocycles. The van der Waals surface area contributed by atoms with Crippen LogP contribution < -0.4 is 5.32 Å². The Bertz CT molecular complexity index is 358. The molecule has 7 heteroatoms. The van der Waals surface area contributed by atoms with Crippen molar-refractivity contribution in [2.45, 2.75) is 31.8 Å². The standard InChI is InChI=1S/C8H13N5O2/c1-5(8(14)15)13-7(10-11-12-13)6-3-2-4-9-6/h5-6,9H,2-4H2,1H3,(H,14,15)/t5-,6?/m0/s1. The molecule has 0 amide bonds. The monoisotopic (exact) mass is 211 g/mol. The van der Waals surface area contributed by atoms with Gasteiger partial charge < -0.3 is 10.4 Å². The number of tetrazole rings is 1. The second-order valence-electron chi connectivity index (χ2n) is 3.64. The molecule has 2 N–H and O–H groups in total. The van der Waals surface area contributed by atoms with Gasteiger partial charge in [-0.1, -0.05) is 0 Å². The van der Waals surface area contributed by atoms with Crippen molar-refractivity contribution in [2.24, 2.45) is 0 Å². The van der Waals surface area contributed by atoms with E-state index in [2.05, 4.69) is 20.8 Å². The summed E-state index contributed by atoms with van der Waals surface area (Å²) in [5.74, 6) is -0.316. The van der Waals surface area contributed by atoms with Gasteiger partial charge in [-0.15, -0.1) is 5.10 Å². The lowest BCUT2D eigenvalue weighted by Gasteiger charge is -2.12. The average Bonchev–Trinajstić information content (AvgIpc) is 2.86. The summed E-state index contributed by atoms with van der Waals surface area (Å²) in [6.45, 7) is 2.50. The van der Waals surface area contributed by atoms with E-state index in [4.69, 9.17) is 5.11 Å². The number of rotatable bonds is 3. The molecule has 0 saturated carbocycles. The number of aromatic nitrogens is 4. The highest BCUT2D eigenvalue weighted by Crippen LogP contribution is 2.22. The van der Waals surface area contributed by atoms with Crippen LogP contribution in [-0.2, 0) is 4.79 Å². The molecule has 1 aliphatic heterocycles. The number of nitrogens with one attached hydrogen (secondary N) is 1. The molecule has 82 valence electrons. The molecule has 1 unspecified atom stereocenters. The fraction of sp³-hybridized carbons (Fsp3) is 0.750. The number of carbonyl (C=O) groups is 1. The van der Waals surface area contributed by atoms with Crippen LogP contribution in [-0.4, -0.2) is 37.8 Å². The zero-order chi connectivity index (χ0) is 10.8. The Kier molecular flexibility index (Phi) is 2.63. The van der Waals surface area contributed by atoms with Gasteiger partial charge in [0.1, 0.15) is 0 Å². The third-order valence-corrected chi connectivity index (χ3v) is 2.61. The van der Waals surface area contributed by atoms with Gasteiger partial charge in [0.2, 0.25) is 0 Å². The largest absolute Gasteiger partial charge is 0.480 e. The first-order valence-corrected chi connectivity index (χ1v) is 4.94. The summed E-state index contributed by atoms with van der Waals surface area (Å²) in [6.07, 6.45) is 2.02. The number of carboxylic acid groups (broad SMARTS) is 1. The van der Waals surface area contributed by atoms with Crippen molar-refractivity contribution in [3.05, 3.63) is 5.82 Å². The summed E-state index contributed by atoms with van der Waals surface area (Å²) in [7, 11) is 0. The highest BCUT2D eigenvalue weighted by atomic mass is 16.4. The molecule has 0 aromatic carbocycles. The Hall–Kier alpha value is -1.50. The minimum atomic E-state index is -0.929. The van der Waals surface area contributed by atoms with Crippen LogP contribution in [0.2, 0.25) is 0 Å². The van der Waals surface area contributed by atoms with Crippen LogP contribution in [0, 0.1) is 0 Å². The molecule has 2 atom stereocenters. The molecular weight excluding hydrogens is 198 g/mol. The summed E-state index contributed by atoms with van der Waals surface area (Å²) >= 11 is 0. The summed E-state index contributed by atoms with van der Waals surface area (Å²) in [5, 5.41) is 23.2. The van der Waals surface area contributed by atoms with Crippen molar-refractivity contribution in [2.75, 3.05) is 6.54 Å². The van der Waals surface area contributed by atoms with Gasteiger partial charge in [0, 0.05) is 0 Å². The van der Waals surface area contributed by atoms with Crippen LogP contribution >= 0.6 is 0 Å². The van der Waals surface area contributed by atoms with Crippen LogP contribution in [0.5, 0.6) is 0 Å². The zero-order valence-corrected chi connectivity index (χ0v) is 8.42. The van der Waals surface area contributed by atoms with Gasteiger partial charge in [0.25, 0.3) is 0 Å². The highest BCUT2D eigenvalue weighted by molar-refractivity contribution is 5.71. The highest BCUT2D eigenvalue weighted by Gasteiger charge is 2.26. The van der Waals surface area contributed by atoms with Crippen molar-refractivity contribution < 1.29 is 9.90 Å². The van der Waals surface area contributed by atoms with Gasteiger partial charge >= 0.3 is 5.97 Å². The van der Waals surface area contributed by atoms with E-state index in [1.54, 1.807) is 6.92 Å². The van der Waals surface area contributed by atoms with Crippen molar-refractivity contribution in [1.29, 1.82) is 0 Å². The Morgan fingerprint density at radius 1 is 1.73 bits per heavy atom. The molecule has 0 spiro atoms. The lowest BCUT2D eigenvalue weighted by atomic mass is 10.2. The van der Waals surface area contributed by atoms with Crippen molar-refractivity contribution in [1.82, 2.24) is 25.5 Å². The molecule has 1 fully saturated rings. The minimum Gasteiger partial charge on any atom is -0.480 e. The third kappa shape index (κ3) is 1.82. The van der Waals surface area contributed by atoms with Gasteiger partial charge in [-0.25, -0.2) is 9.48 Å². The van der Waals surface area contributed by atoms with Gasteiger partial charge in [-0.3, -0.25) is 0 Å². The Labute approximate surface area is 86.5 Å². The fourth-order valence-electron chi connectivity index (χ4n) is 1.72. The van der Waals surface area contributed by atoms with E-state index in [0.717, 1.165) is 19.4 Å². The molecule has 0 radical (unpaired) electrons. The number of aliphatic carboxylic acids is 1. The van der Waals surface area contributed by atoms with Crippen LogP contribution in [0.1, 0.15) is 37.7 Å². The van der Waals surface area contributed by atoms with Crippen molar-refractivity contribution in [3.63, 3.8) is 0 Å². The Morgan fingerprint density at radius 3 is 3.13 bits per heavy atom. The molecule has 2 heterocycles. The normalized spacial score (nSPS) is 22.9. The second kappa shape index (κ2) is 3.93. The summed E-state index contributed by atoms with van der Waals surface area (Å²) in [4.78, 5) is 10.8. The molecule has 0 aliphatic carbocycles. The summed E-state index contributed by atoms with van der Waals surface area (Å²) in [6, 6.07) is -0.640. The first-order valence-electron chi connectivity index (χ1n) is 4.94. The van der Waals surface area contributed by atoms with Gasteiger partial charge in [0.15, 0.2) is 11.9 Å². The summed E-state index contributed by atoms with van der Waals surface area (Å²) < 4.78 is 1.37. The van der Waals surface area contributed by atoms with Crippen molar-refractivity contribution >= 4 is 5.97 Å². The number of hydrogen-bond acceptors (Lipinski definition) is 5.